The minimum atomic E-state index is -0.556. The van der Waals surface area contributed by atoms with E-state index in [0.29, 0.717) is 30.0 Å². The van der Waals surface area contributed by atoms with Crippen LogP contribution in [0.2, 0.25) is 0 Å². The molecule has 1 aromatic rings. The number of hydrogen-bond acceptors (Lipinski definition) is 4. The summed E-state index contributed by atoms with van der Waals surface area (Å²) in [6, 6.07) is 5.85. The standard InChI is InChI=1S/C23H31N3O3/c1-14(10-17-8-9-23(17,2)3)24-12-15-4-5-18-16(11-15)13-26(22(18)29)19-6-7-20(27)25-21(19)28/h4-5,11,14,17,19,24H,6-10,12-13H2,1-3H3,(H,25,27,28). The number of piperidine rings is 1. The summed E-state index contributed by atoms with van der Waals surface area (Å²) >= 11 is 0. The molecule has 0 aromatic heterocycles. The summed E-state index contributed by atoms with van der Waals surface area (Å²) in [7, 11) is 0. The molecule has 3 aliphatic rings. The highest BCUT2D eigenvalue weighted by molar-refractivity contribution is 6.05. The molecule has 3 amide bonds. The maximum absolute atomic E-state index is 12.8. The van der Waals surface area contributed by atoms with Crippen molar-refractivity contribution in [3.63, 3.8) is 0 Å². The van der Waals surface area contributed by atoms with Crippen LogP contribution < -0.4 is 10.6 Å². The van der Waals surface area contributed by atoms with Crippen molar-refractivity contribution in [1.82, 2.24) is 15.5 Å². The Hall–Kier alpha value is -2.21. The minimum Gasteiger partial charge on any atom is -0.322 e. The van der Waals surface area contributed by atoms with Gasteiger partial charge < -0.3 is 10.2 Å². The van der Waals surface area contributed by atoms with Gasteiger partial charge in [0.2, 0.25) is 11.8 Å². The molecule has 0 spiro atoms. The molecule has 3 unspecified atom stereocenters. The Balaban J connectivity index is 1.36. The average Bonchev–Trinajstić information content (AvgIpc) is 2.99. The summed E-state index contributed by atoms with van der Waals surface area (Å²) in [6.45, 7) is 8.17. The SMILES string of the molecule is CC(CC1CCC1(C)C)NCc1ccc2c(c1)CN(C1CCC(=O)NC1=O)C2=O. The van der Waals surface area contributed by atoms with Crippen molar-refractivity contribution in [3.8, 4) is 0 Å². The molecule has 6 heteroatoms. The van der Waals surface area contributed by atoms with Gasteiger partial charge in [0.05, 0.1) is 0 Å². The van der Waals surface area contributed by atoms with Crippen LogP contribution in [0.25, 0.3) is 0 Å². The van der Waals surface area contributed by atoms with E-state index in [0.717, 1.165) is 23.6 Å². The highest BCUT2D eigenvalue weighted by Crippen LogP contribution is 2.48. The van der Waals surface area contributed by atoms with E-state index in [1.54, 1.807) is 4.90 Å². The normalized spacial score (nSPS) is 26.7. The summed E-state index contributed by atoms with van der Waals surface area (Å²) in [4.78, 5) is 37.9. The number of rotatable bonds is 6. The van der Waals surface area contributed by atoms with Crippen LogP contribution in [0.15, 0.2) is 18.2 Å². The molecular weight excluding hydrogens is 366 g/mol. The van der Waals surface area contributed by atoms with Gasteiger partial charge in [-0.2, -0.15) is 0 Å². The lowest BCUT2D eigenvalue weighted by Crippen LogP contribution is -2.52. The zero-order valence-corrected chi connectivity index (χ0v) is 17.6. The molecule has 0 bridgehead atoms. The second kappa shape index (κ2) is 7.56. The Morgan fingerprint density at radius 3 is 2.69 bits per heavy atom. The first kappa shape index (κ1) is 20.1. The van der Waals surface area contributed by atoms with E-state index in [4.69, 9.17) is 0 Å². The van der Waals surface area contributed by atoms with Crippen LogP contribution in [0, 0.1) is 11.3 Å². The van der Waals surface area contributed by atoms with Crippen LogP contribution in [0.4, 0.5) is 0 Å². The first-order valence-corrected chi connectivity index (χ1v) is 10.7. The Morgan fingerprint density at radius 1 is 1.24 bits per heavy atom. The van der Waals surface area contributed by atoms with E-state index in [-0.39, 0.29) is 24.1 Å². The van der Waals surface area contributed by atoms with Crippen molar-refractivity contribution in [2.45, 2.75) is 78.0 Å². The smallest absolute Gasteiger partial charge is 0.255 e. The van der Waals surface area contributed by atoms with E-state index < -0.39 is 6.04 Å². The number of nitrogens with zero attached hydrogens (tertiary/aromatic N) is 1. The number of benzene rings is 1. The minimum absolute atomic E-state index is 0.116. The van der Waals surface area contributed by atoms with Gasteiger partial charge in [-0.3, -0.25) is 19.7 Å². The van der Waals surface area contributed by atoms with Gasteiger partial charge >= 0.3 is 0 Å². The summed E-state index contributed by atoms with van der Waals surface area (Å²) in [5.74, 6) is 0.0551. The fourth-order valence-electron chi connectivity index (χ4n) is 4.90. The maximum Gasteiger partial charge on any atom is 0.255 e. The number of amides is 3. The number of fused-ring (bicyclic) bond motifs is 1. The monoisotopic (exact) mass is 397 g/mol. The maximum atomic E-state index is 12.8. The van der Waals surface area contributed by atoms with Crippen molar-refractivity contribution in [2.75, 3.05) is 0 Å². The summed E-state index contributed by atoms with van der Waals surface area (Å²) < 4.78 is 0. The predicted molar refractivity (Wildman–Crippen MR) is 110 cm³/mol. The third kappa shape index (κ3) is 3.95. The molecule has 29 heavy (non-hydrogen) atoms. The fourth-order valence-corrected chi connectivity index (χ4v) is 4.90. The first-order valence-electron chi connectivity index (χ1n) is 10.7. The van der Waals surface area contributed by atoms with Gasteiger partial charge in [-0.05, 0) is 61.1 Å². The van der Waals surface area contributed by atoms with Gasteiger partial charge in [0.1, 0.15) is 6.04 Å². The van der Waals surface area contributed by atoms with Crippen molar-refractivity contribution < 1.29 is 14.4 Å². The average molecular weight is 398 g/mol. The quantitative estimate of drug-likeness (QED) is 0.724. The second-order valence-corrected chi connectivity index (χ2v) is 9.63. The molecule has 156 valence electrons. The summed E-state index contributed by atoms with van der Waals surface area (Å²) in [5.41, 5.74) is 3.26. The summed E-state index contributed by atoms with van der Waals surface area (Å²) in [6.07, 6.45) is 4.53. The topological polar surface area (TPSA) is 78.5 Å². The molecule has 2 aliphatic heterocycles. The van der Waals surface area contributed by atoms with Gasteiger partial charge in [0.25, 0.3) is 5.91 Å². The zero-order valence-electron chi connectivity index (χ0n) is 17.6. The highest BCUT2D eigenvalue weighted by Gasteiger charge is 2.40. The molecule has 6 nitrogen and oxygen atoms in total. The van der Waals surface area contributed by atoms with Crippen molar-refractivity contribution >= 4 is 17.7 Å². The van der Waals surface area contributed by atoms with Gasteiger partial charge in [-0.15, -0.1) is 0 Å². The van der Waals surface area contributed by atoms with E-state index >= 15 is 0 Å². The number of hydrogen-bond donors (Lipinski definition) is 2. The van der Waals surface area contributed by atoms with E-state index in [1.807, 2.05) is 12.1 Å². The van der Waals surface area contributed by atoms with Crippen LogP contribution >= 0.6 is 0 Å². The predicted octanol–water partition coefficient (Wildman–Crippen LogP) is 2.75. The fraction of sp³-hybridized carbons (Fsp3) is 0.609. The van der Waals surface area contributed by atoms with Crippen LogP contribution in [0.5, 0.6) is 0 Å². The van der Waals surface area contributed by atoms with Crippen molar-refractivity contribution in [1.29, 1.82) is 0 Å². The molecule has 1 saturated carbocycles. The third-order valence-electron chi connectivity index (χ3n) is 7.12. The lowest BCUT2D eigenvalue weighted by Gasteiger charge is -2.46. The second-order valence-electron chi connectivity index (χ2n) is 9.63. The van der Waals surface area contributed by atoms with E-state index in [9.17, 15) is 14.4 Å². The lowest BCUT2D eigenvalue weighted by molar-refractivity contribution is -0.136. The number of carbonyl (C=O) groups is 3. The number of carbonyl (C=O) groups excluding carboxylic acids is 3. The van der Waals surface area contributed by atoms with Gasteiger partial charge in [0, 0.05) is 31.1 Å². The molecule has 1 aliphatic carbocycles. The molecule has 2 N–H and O–H groups in total. The molecule has 0 radical (unpaired) electrons. The van der Waals surface area contributed by atoms with Crippen LogP contribution in [0.3, 0.4) is 0 Å². The van der Waals surface area contributed by atoms with Gasteiger partial charge in [-0.25, -0.2) is 0 Å². The van der Waals surface area contributed by atoms with Crippen LogP contribution in [-0.2, 0) is 22.7 Å². The molecule has 4 rings (SSSR count). The molecule has 3 atom stereocenters. The Morgan fingerprint density at radius 2 is 2.03 bits per heavy atom. The first-order chi connectivity index (χ1) is 13.7. The van der Waals surface area contributed by atoms with Crippen molar-refractivity contribution in [3.05, 3.63) is 34.9 Å². The molecule has 2 fully saturated rings. The van der Waals surface area contributed by atoms with Gasteiger partial charge in [0.15, 0.2) is 0 Å². The Bertz CT molecular complexity index is 848. The zero-order chi connectivity index (χ0) is 20.8. The largest absolute Gasteiger partial charge is 0.322 e. The molecule has 1 aromatic carbocycles. The van der Waals surface area contributed by atoms with E-state index in [1.165, 1.54) is 19.3 Å². The van der Waals surface area contributed by atoms with Gasteiger partial charge in [-0.1, -0.05) is 26.0 Å². The summed E-state index contributed by atoms with van der Waals surface area (Å²) in [5, 5.41) is 5.97. The van der Waals surface area contributed by atoms with Crippen molar-refractivity contribution in [2.24, 2.45) is 11.3 Å². The van der Waals surface area contributed by atoms with E-state index in [2.05, 4.69) is 37.5 Å². The highest BCUT2D eigenvalue weighted by atomic mass is 16.2. The molecule has 2 heterocycles. The Kier molecular flexibility index (Phi) is 5.23. The lowest BCUT2D eigenvalue weighted by atomic mass is 9.61. The number of nitrogens with one attached hydrogen (secondary N) is 2. The number of imide groups is 1. The third-order valence-corrected chi connectivity index (χ3v) is 7.12. The molecular formula is C23H31N3O3. The molecule has 1 saturated heterocycles. The van der Waals surface area contributed by atoms with Crippen LogP contribution in [-0.4, -0.2) is 34.7 Å². The Labute approximate surface area is 172 Å². The van der Waals surface area contributed by atoms with Crippen LogP contribution in [0.1, 0.15) is 74.4 Å².